The third-order valence-electron chi connectivity index (χ3n) is 4.01. The Kier molecular flexibility index (Phi) is 3.64. The number of carbonyl (C=O) groups is 2. The van der Waals surface area contributed by atoms with Gasteiger partial charge < -0.3 is 10.1 Å². The summed E-state index contributed by atoms with van der Waals surface area (Å²) in [6, 6.07) is 11.2. The topological polar surface area (TPSA) is 55.4 Å². The summed E-state index contributed by atoms with van der Waals surface area (Å²) in [4.78, 5) is 24.7. The van der Waals surface area contributed by atoms with Crippen LogP contribution in [0, 0.1) is 12.7 Å². The molecule has 0 saturated heterocycles. The second-order valence-electron chi connectivity index (χ2n) is 5.87. The van der Waals surface area contributed by atoms with E-state index in [-0.39, 0.29) is 6.42 Å². The molecule has 1 aliphatic heterocycles. The molecule has 1 aliphatic rings. The van der Waals surface area contributed by atoms with Crippen molar-refractivity contribution in [1.82, 2.24) is 0 Å². The molecular weight excluding hydrogens is 297 g/mol. The summed E-state index contributed by atoms with van der Waals surface area (Å²) in [5.74, 6) is -1.45. The lowest BCUT2D eigenvalue weighted by Crippen LogP contribution is -2.49. The lowest BCUT2D eigenvalue weighted by Gasteiger charge is -2.33. The van der Waals surface area contributed by atoms with E-state index in [2.05, 4.69) is 5.32 Å². The predicted octanol–water partition coefficient (Wildman–Crippen LogP) is 3.24. The molecule has 118 valence electrons. The van der Waals surface area contributed by atoms with Crippen molar-refractivity contribution in [3.8, 4) is 0 Å². The number of anilines is 1. The minimum Gasteiger partial charge on any atom is -0.445 e. The number of benzene rings is 2. The summed E-state index contributed by atoms with van der Waals surface area (Å²) >= 11 is 0. The Labute approximate surface area is 133 Å². The van der Waals surface area contributed by atoms with Gasteiger partial charge in [0.25, 0.3) is 5.91 Å². The van der Waals surface area contributed by atoms with Gasteiger partial charge in [-0.3, -0.25) is 4.79 Å². The van der Waals surface area contributed by atoms with Crippen LogP contribution in [0.1, 0.15) is 28.4 Å². The predicted molar refractivity (Wildman–Crippen MR) is 83.7 cm³/mol. The zero-order valence-corrected chi connectivity index (χ0v) is 12.9. The fourth-order valence-electron chi connectivity index (χ4n) is 2.64. The van der Waals surface area contributed by atoms with Crippen LogP contribution < -0.4 is 5.32 Å². The standard InChI is InChI=1S/C18H16FNO3/c1-11-7-8-13(19)9-15(11)20-17(22)18(2)10-12-5-3-4-6-14(12)16(21)23-18/h3-9H,10H2,1-2H3,(H,20,22)/t18-/m1/s1. The van der Waals surface area contributed by atoms with Crippen LogP contribution in [0.5, 0.6) is 0 Å². The van der Waals surface area contributed by atoms with Gasteiger partial charge in [-0.25, -0.2) is 9.18 Å². The smallest absolute Gasteiger partial charge is 0.339 e. The molecule has 0 aliphatic carbocycles. The van der Waals surface area contributed by atoms with Gasteiger partial charge in [0, 0.05) is 12.1 Å². The highest BCUT2D eigenvalue weighted by Crippen LogP contribution is 2.29. The molecule has 0 radical (unpaired) electrons. The van der Waals surface area contributed by atoms with Crippen LogP contribution in [0.4, 0.5) is 10.1 Å². The number of halogens is 1. The summed E-state index contributed by atoms with van der Waals surface area (Å²) < 4.78 is 18.7. The zero-order valence-electron chi connectivity index (χ0n) is 12.9. The number of carbonyl (C=O) groups excluding carboxylic acids is 2. The van der Waals surface area contributed by atoms with E-state index in [4.69, 9.17) is 4.74 Å². The number of fused-ring (bicyclic) bond motifs is 1. The van der Waals surface area contributed by atoms with E-state index in [1.165, 1.54) is 12.1 Å². The first-order valence-corrected chi connectivity index (χ1v) is 7.28. The van der Waals surface area contributed by atoms with Crippen LogP contribution in [-0.4, -0.2) is 17.5 Å². The lowest BCUT2D eigenvalue weighted by atomic mass is 9.89. The van der Waals surface area contributed by atoms with Gasteiger partial charge in [0.2, 0.25) is 0 Å². The molecule has 0 fully saturated rings. The molecule has 3 rings (SSSR count). The van der Waals surface area contributed by atoms with Crippen molar-refractivity contribution in [2.24, 2.45) is 0 Å². The number of nitrogens with one attached hydrogen (secondary N) is 1. The molecule has 2 aromatic carbocycles. The number of rotatable bonds is 2. The molecule has 1 atom stereocenters. The monoisotopic (exact) mass is 313 g/mol. The van der Waals surface area contributed by atoms with Gasteiger partial charge in [0.1, 0.15) is 5.82 Å². The van der Waals surface area contributed by atoms with Gasteiger partial charge in [0.05, 0.1) is 5.56 Å². The first-order valence-electron chi connectivity index (χ1n) is 7.28. The van der Waals surface area contributed by atoms with E-state index in [0.29, 0.717) is 11.3 Å². The third-order valence-corrected chi connectivity index (χ3v) is 4.01. The lowest BCUT2D eigenvalue weighted by molar-refractivity contribution is -0.134. The van der Waals surface area contributed by atoms with E-state index in [9.17, 15) is 14.0 Å². The highest BCUT2D eigenvalue weighted by molar-refractivity contribution is 6.02. The van der Waals surface area contributed by atoms with Crippen molar-refractivity contribution in [1.29, 1.82) is 0 Å². The molecule has 1 heterocycles. The molecule has 0 saturated carbocycles. The number of ether oxygens (including phenoxy) is 1. The molecule has 0 aromatic heterocycles. The second kappa shape index (κ2) is 5.50. The van der Waals surface area contributed by atoms with Gasteiger partial charge in [-0.05, 0) is 43.2 Å². The fraction of sp³-hybridized carbons (Fsp3) is 0.222. The molecule has 4 nitrogen and oxygen atoms in total. The summed E-state index contributed by atoms with van der Waals surface area (Å²) in [5.41, 5.74) is 0.999. The Balaban J connectivity index is 1.88. The van der Waals surface area contributed by atoms with Gasteiger partial charge in [0.15, 0.2) is 5.60 Å². The SMILES string of the molecule is Cc1ccc(F)cc1NC(=O)[C@@]1(C)Cc2ccccc2C(=O)O1. The fourth-order valence-corrected chi connectivity index (χ4v) is 2.64. The minimum absolute atomic E-state index is 0.273. The summed E-state index contributed by atoms with van der Waals surface area (Å²) in [6.07, 6.45) is 0.273. The second-order valence-corrected chi connectivity index (χ2v) is 5.87. The van der Waals surface area contributed by atoms with E-state index >= 15 is 0 Å². The average Bonchev–Trinajstić information content (AvgIpc) is 2.51. The molecule has 23 heavy (non-hydrogen) atoms. The van der Waals surface area contributed by atoms with Gasteiger partial charge >= 0.3 is 5.97 Å². The maximum absolute atomic E-state index is 13.4. The van der Waals surface area contributed by atoms with E-state index < -0.39 is 23.3 Å². The highest BCUT2D eigenvalue weighted by atomic mass is 19.1. The van der Waals surface area contributed by atoms with Crippen molar-refractivity contribution < 1.29 is 18.7 Å². The third kappa shape index (κ3) is 2.82. The van der Waals surface area contributed by atoms with Crippen molar-refractivity contribution in [2.75, 3.05) is 5.32 Å². The quantitative estimate of drug-likeness (QED) is 0.866. The molecule has 1 N–H and O–H groups in total. The van der Waals surface area contributed by atoms with Gasteiger partial charge in [-0.2, -0.15) is 0 Å². The average molecular weight is 313 g/mol. The minimum atomic E-state index is -1.33. The molecule has 0 bridgehead atoms. The number of amides is 1. The molecular formula is C18H16FNO3. The first-order chi connectivity index (χ1) is 10.9. The van der Waals surface area contributed by atoms with Crippen molar-refractivity contribution >= 4 is 17.6 Å². The summed E-state index contributed by atoms with van der Waals surface area (Å²) in [5, 5.41) is 2.66. The van der Waals surface area contributed by atoms with Crippen molar-refractivity contribution in [2.45, 2.75) is 25.9 Å². The van der Waals surface area contributed by atoms with Crippen LogP contribution >= 0.6 is 0 Å². The molecule has 5 heteroatoms. The molecule has 1 amide bonds. The van der Waals surface area contributed by atoms with E-state index in [0.717, 1.165) is 11.1 Å². The number of esters is 1. The Morgan fingerprint density at radius 1 is 1.26 bits per heavy atom. The Morgan fingerprint density at radius 2 is 2.00 bits per heavy atom. The maximum Gasteiger partial charge on any atom is 0.339 e. The first kappa shape index (κ1) is 15.2. The number of hydrogen-bond acceptors (Lipinski definition) is 3. The Morgan fingerprint density at radius 3 is 2.78 bits per heavy atom. The normalized spacial score (nSPS) is 19.7. The Bertz CT molecular complexity index is 803. The van der Waals surface area contributed by atoms with E-state index in [1.807, 2.05) is 6.07 Å². The highest BCUT2D eigenvalue weighted by Gasteiger charge is 2.42. The van der Waals surface area contributed by atoms with E-state index in [1.54, 1.807) is 38.1 Å². The molecule has 0 unspecified atom stereocenters. The largest absolute Gasteiger partial charge is 0.445 e. The van der Waals surface area contributed by atoms with Crippen LogP contribution in [0.3, 0.4) is 0 Å². The number of aryl methyl sites for hydroxylation is 1. The van der Waals surface area contributed by atoms with Gasteiger partial charge in [-0.1, -0.05) is 24.3 Å². The maximum atomic E-state index is 13.4. The number of cyclic esters (lactones) is 1. The van der Waals surface area contributed by atoms with Crippen LogP contribution in [0.2, 0.25) is 0 Å². The molecule has 2 aromatic rings. The van der Waals surface area contributed by atoms with Crippen molar-refractivity contribution in [3.05, 3.63) is 65.0 Å². The van der Waals surface area contributed by atoms with Gasteiger partial charge in [-0.15, -0.1) is 0 Å². The van der Waals surface area contributed by atoms with Crippen LogP contribution in [0.15, 0.2) is 42.5 Å². The Hall–Kier alpha value is -2.69. The van der Waals surface area contributed by atoms with Crippen molar-refractivity contribution in [3.63, 3.8) is 0 Å². The number of hydrogen-bond donors (Lipinski definition) is 1. The van der Waals surface area contributed by atoms with Crippen LogP contribution in [-0.2, 0) is 16.0 Å². The zero-order chi connectivity index (χ0) is 16.6. The summed E-state index contributed by atoms with van der Waals surface area (Å²) in [7, 11) is 0. The summed E-state index contributed by atoms with van der Waals surface area (Å²) in [6.45, 7) is 3.32. The molecule has 0 spiro atoms. The van der Waals surface area contributed by atoms with Crippen LogP contribution in [0.25, 0.3) is 0 Å².